The summed E-state index contributed by atoms with van der Waals surface area (Å²) in [5.74, 6) is 1.43. The van der Waals surface area contributed by atoms with Crippen LogP contribution < -0.4 is 24.8 Å². The fraction of sp³-hybridized carbons (Fsp3) is 0.200. The van der Waals surface area contributed by atoms with Gasteiger partial charge < -0.3 is 24.8 Å². The monoisotopic (exact) mass is 367 g/mol. The van der Waals surface area contributed by atoms with Crippen LogP contribution in [0, 0.1) is 11.3 Å². The minimum atomic E-state index is -0.484. The number of rotatable bonds is 8. The Bertz CT molecular complexity index is 855. The minimum absolute atomic E-state index is 0.0617. The van der Waals surface area contributed by atoms with Gasteiger partial charge in [-0.2, -0.15) is 5.26 Å². The van der Waals surface area contributed by atoms with Crippen LogP contribution in [0.15, 0.2) is 54.2 Å². The molecule has 0 bridgehead atoms. The van der Waals surface area contributed by atoms with Gasteiger partial charge in [0.15, 0.2) is 0 Å². The molecule has 7 heteroatoms. The number of amides is 1. The van der Waals surface area contributed by atoms with Gasteiger partial charge in [0.1, 0.15) is 28.9 Å². The smallest absolute Gasteiger partial charge is 0.263 e. The van der Waals surface area contributed by atoms with E-state index >= 15 is 0 Å². The lowest BCUT2D eigenvalue weighted by molar-refractivity contribution is -0.117. The zero-order valence-electron chi connectivity index (χ0n) is 15.4. The Morgan fingerprint density at radius 2 is 1.70 bits per heavy atom. The van der Waals surface area contributed by atoms with Gasteiger partial charge in [0.25, 0.3) is 5.91 Å². The highest BCUT2D eigenvalue weighted by molar-refractivity contribution is 5.97. The minimum Gasteiger partial charge on any atom is -0.497 e. The van der Waals surface area contributed by atoms with E-state index in [2.05, 4.69) is 10.6 Å². The Kier molecular flexibility index (Phi) is 7.08. The molecule has 1 amide bonds. The first-order valence-electron chi connectivity index (χ1n) is 8.11. The van der Waals surface area contributed by atoms with Crippen LogP contribution in [0.25, 0.3) is 0 Å². The summed E-state index contributed by atoms with van der Waals surface area (Å²) in [6.07, 6.45) is 1.33. The van der Waals surface area contributed by atoms with E-state index in [-0.39, 0.29) is 5.57 Å². The fourth-order valence-electron chi connectivity index (χ4n) is 2.25. The van der Waals surface area contributed by atoms with E-state index in [0.29, 0.717) is 23.7 Å². The molecule has 0 spiro atoms. The highest BCUT2D eigenvalue weighted by atomic mass is 16.5. The Balaban J connectivity index is 2.04. The Morgan fingerprint density at radius 1 is 1.04 bits per heavy atom. The molecule has 27 heavy (non-hydrogen) atoms. The van der Waals surface area contributed by atoms with Gasteiger partial charge in [-0.3, -0.25) is 4.79 Å². The molecule has 2 N–H and O–H groups in total. The molecule has 0 aliphatic rings. The predicted molar refractivity (Wildman–Crippen MR) is 102 cm³/mol. The first-order chi connectivity index (χ1) is 13.1. The quantitative estimate of drug-likeness (QED) is 0.551. The summed E-state index contributed by atoms with van der Waals surface area (Å²) in [7, 11) is 4.67. The van der Waals surface area contributed by atoms with Crippen molar-refractivity contribution in [3.63, 3.8) is 0 Å². The van der Waals surface area contributed by atoms with Crippen molar-refractivity contribution in [1.82, 2.24) is 5.32 Å². The summed E-state index contributed by atoms with van der Waals surface area (Å²) in [4.78, 5) is 12.2. The summed E-state index contributed by atoms with van der Waals surface area (Å²) in [6.45, 7) is 0.296. The molecule has 2 aromatic rings. The van der Waals surface area contributed by atoms with Crippen molar-refractivity contribution >= 4 is 11.6 Å². The molecule has 0 unspecified atom stereocenters. The van der Waals surface area contributed by atoms with Crippen LogP contribution in [0.4, 0.5) is 5.69 Å². The van der Waals surface area contributed by atoms with Crippen molar-refractivity contribution in [2.45, 2.75) is 6.54 Å². The SMILES string of the molecule is COc1ccc(CNC(=O)/C(C#N)=C\Nc2cc(OC)ccc2OC)cc1. The number of carbonyl (C=O) groups excluding carboxylic acids is 1. The molecule has 0 aromatic heterocycles. The van der Waals surface area contributed by atoms with Crippen molar-refractivity contribution in [3.05, 3.63) is 59.8 Å². The third-order valence-corrected chi connectivity index (χ3v) is 3.76. The van der Waals surface area contributed by atoms with E-state index < -0.39 is 5.91 Å². The normalized spacial score (nSPS) is 10.5. The number of nitrogens with zero attached hydrogens (tertiary/aromatic N) is 1. The van der Waals surface area contributed by atoms with Crippen LogP contribution in [-0.4, -0.2) is 27.2 Å². The molecule has 2 aromatic carbocycles. The molecule has 0 fully saturated rings. The van der Waals surface area contributed by atoms with Gasteiger partial charge in [-0.05, 0) is 29.8 Å². The summed E-state index contributed by atoms with van der Waals surface area (Å²) in [6, 6.07) is 14.4. The van der Waals surface area contributed by atoms with Crippen LogP contribution in [-0.2, 0) is 11.3 Å². The van der Waals surface area contributed by atoms with E-state index in [4.69, 9.17) is 14.2 Å². The lowest BCUT2D eigenvalue weighted by Crippen LogP contribution is -2.24. The number of hydrogen-bond acceptors (Lipinski definition) is 6. The number of nitriles is 1. The number of ether oxygens (including phenoxy) is 3. The summed E-state index contributed by atoms with van der Waals surface area (Å²) in [5, 5.41) is 14.9. The Labute approximate surface area is 158 Å². The summed E-state index contributed by atoms with van der Waals surface area (Å²) in [5.41, 5.74) is 1.41. The van der Waals surface area contributed by atoms with Gasteiger partial charge in [-0.1, -0.05) is 12.1 Å². The molecule has 2 rings (SSSR count). The molecule has 0 aliphatic carbocycles. The van der Waals surface area contributed by atoms with Crippen molar-refractivity contribution in [2.75, 3.05) is 26.6 Å². The second-order valence-electron chi connectivity index (χ2n) is 5.41. The van der Waals surface area contributed by atoms with E-state index in [0.717, 1.165) is 11.3 Å². The molecule has 0 aliphatic heterocycles. The zero-order valence-corrected chi connectivity index (χ0v) is 15.4. The van der Waals surface area contributed by atoms with Crippen molar-refractivity contribution in [3.8, 4) is 23.3 Å². The Hall–Kier alpha value is -3.66. The van der Waals surface area contributed by atoms with Gasteiger partial charge in [0.2, 0.25) is 0 Å². The van der Waals surface area contributed by atoms with Gasteiger partial charge in [0.05, 0.1) is 27.0 Å². The topological polar surface area (TPSA) is 92.6 Å². The molecular formula is C20H21N3O4. The van der Waals surface area contributed by atoms with Crippen LogP contribution in [0.2, 0.25) is 0 Å². The molecule has 0 saturated carbocycles. The van der Waals surface area contributed by atoms with Crippen LogP contribution >= 0.6 is 0 Å². The van der Waals surface area contributed by atoms with E-state index in [1.54, 1.807) is 44.6 Å². The maximum Gasteiger partial charge on any atom is 0.263 e. The van der Waals surface area contributed by atoms with Gasteiger partial charge >= 0.3 is 0 Å². The van der Waals surface area contributed by atoms with Crippen molar-refractivity contribution in [1.29, 1.82) is 5.26 Å². The largest absolute Gasteiger partial charge is 0.497 e. The second kappa shape index (κ2) is 9.73. The highest BCUT2D eigenvalue weighted by Crippen LogP contribution is 2.29. The first kappa shape index (κ1) is 19.7. The van der Waals surface area contributed by atoms with Crippen molar-refractivity contribution in [2.24, 2.45) is 0 Å². The molecular weight excluding hydrogens is 346 g/mol. The predicted octanol–water partition coefficient (Wildman–Crippen LogP) is 2.85. The number of benzene rings is 2. The van der Waals surface area contributed by atoms with Gasteiger partial charge in [-0.15, -0.1) is 0 Å². The molecule has 0 radical (unpaired) electrons. The third kappa shape index (κ3) is 5.41. The number of methoxy groups -OCH3 is 3. The van der Waals surface area contributed by atoms with Gasteiger partial charge in [-0.25, -0.2) is 0 Å². The average Bonchev–Trinajstić information content (AvgIpc) is 2.72. The molecule has 0 atom stereocenters. The highest BCUT2D eigenvalue weighted by Gasteiger charge is 2.10. The van der Waals surface area contributed by atoms with Crippen molar-refractivity contribution < 1.29 is 19.0 Å². The van der Waals surface area contributed by atoms with Crippen LogP contribution in [0.1, 0.15) is 5.56 Å². The molecule has 0 heterocycles. The Morgan fingerprint density at radius 3 is 2.30 bits per heavy atom. The molecule has 140 valence electrons. The summed E-state index contributed by atoms with van der Waals surface area (Å²) < 4.78 is 15.5. The molecule has 7 nitrogen and oxygen atoms in total. The maximum atomic E-state index is 12.2. The standard InChI is InChI=1S/C20H21N3O4/c1-25-16-6-4-14(5-7-16)12-23-20(24)15(11-21)13-22-18-10-17(26-2)8-9-19(18)27-3/h4-10,13,22H,12H2,1-3H3,(H,23,24)/b15-13-. The third-order valence-electron chi connectivity index (χ3n) is 3.76. The number of anilines is 1. The first-order valence-corrected chi connectivity index (χ1v) is 8.11. The molecule has 0 saturated heterocycles. The number of hydrogen-bond donors (Lipinski definition) is 2. The van der Waals surface area contributed by atoms with E-state index in [1.165, 1.54) is 13.3 Å². The van der Waals surface area contributed by atoms with Crippen LogP contribution in [0.3, 0.4) is 0 Å². The fourth-order valence-corrected chi connectivity index (χ4v) is 2.25. The van der Waals surface area contributed by atoms with E-state index in [9.17, 15) is 10.1 Å². The van der Waals surface area contributed by atoms with E-state index in [1.807, 2.05) is 18.2 Å². The second-order valence-corrected chi connectivity index (χ2v) is 5.41. The average molecular weight is 367 g/mol. The lowest BCUT2D eigenvalue weighted by atomic mass is 10.2. The zero-order chi connectivity index (χ0) is 19.6. The maximum absolute atomic E-state index is 12.2. The van der Waals surface area contributed by atoms with Gasteiger partial charge in [0, 0.05) is 18.8 Å². The number of carbonyl (C=O) groups is 1. The van der Waals surface area contributed by atoms with Crippen LogP contribution in [0.5, 0.6) is 17.2 Å². The number of nitrogens with one attached hydrogen (secondary N) is 2. The lowest BCUT2D eigenvalue weighted by Gasteiger charge is -2.10. The summed E-state index contributed by atoms with van der Waals surface area (Å²) >= 11 is 0.